The van der Waals surface area contributed by atoms with Crippen LogP contribution in [0.1, 0.15) is 110 Å². The topological polar surface area (TPSA) is 205 Å². The summed E-state index contributed by atoms with van der Waals surface area (Å²) in [6.45, 7) is 28.8. The second-order valence-electron chi connectivity index (χ2n) is 11.2. The minimum atomic E-state index is -1.35. The molecule has 0 aliphatic carbocycles. The van der Waals surface area contributed by atoms with Crippen LogP contribution in [0, 0.1) is 27.7 Å². The van der Waals surface area contributed by atoms with Crippen LogP contribution in [0.2, 0.25) is 10.3 Å². The van der Waals surface area contributed by atoms with Crippen LogP contribution in [-0.4, -0.2) is 112 Å². The Labute approximate surface area is 427 Å². The molecule has 0 spiro atoms. The van der Waals surface area contributed by atoms with Gasteiger partial charge >= 0.3 is 0 Å². The maximum atomic E-state index is 11.1. The van der Waals surface area contributed by atoms with E-state index in [4.69, 9.17) is 23.2 Å². The molecule has 6 rings (SSSR count). The number of alkyl halides is 1. The fourth-order valence-electron chi connectivity index (χ4n) is 4.04. The molecule has 0 saturated carbocycles. The van der Waals surface area contributed by atoms with Crippen molar-refractivity contribution < 1.29 is 26.0 Å². The summed E-state index contributed by atoms with van der Waals surface area (Å²) in [7, 11) is 7.00. The molecule has 0 aliphatic heterocycles. The molecule has 4 aromatic heterocycles. The van der Waals surface area contributed by atoms with Gasteiger partial charge in [0.15, 0.2) is 38.3 Å². The lowest BCUT2D eigenvalue weighted by molar-refractivity contribution is 0.101. The monoisotopic (exact) mass is 1040 g/mol. The number of halogens is 3. The van der Waals surface area contributed by atoms with Crippen molar-refractivity contribution in [2.75, 3.05) is 57.4 Å². The summed E-state index contributed by atoms with van der Waals surface area (Å²) in [5.74, 6) is 4.17. The van der Waals surface area contributed by atoms with Crippen molar-refractivity contribution in [3.8, 4) is 0 Å². The highest BCUT2D eigenvalue weighted by Crippen LogP contribution is 2.22. The van der Waals surface area contributed by atoms with Gasteiger partial charge in [-0.05, 0) is 71.0 Å². The van der Waals surface area contributed by atoms with Crippen molar-refractivity contribution >= 4 is 79.8 Å². The minimum Gasteiger partial charge on any atom is -0.330 e. The van der Waals surface area contributed by atoms with Gasteiger partial charge in [0.2, 0.25) is 11.9 Å². The molecule has 0 aliphatic rings. The molecule has 388 valence electrons. The van der Waals surface area contributed by atoms with Crippen LogP contribution in [0.25, 0.3) is 11.0 Å². The first-order valence-electron chi connectivity index (χ1n) is 21.9. The largest absolute Gasteiger partial charge is 0.330 e. The second kappa shape index (κ2) is 47.9. The van der Waals surface area contributed by atoms with Gasteiger partial charge in [0, 0.05) is 44.0 Å². The number of benzene rings is 2. The van der Waals surface area contributed by atoms with Crippen molar-refractivity contribution in [2.45, 2.75) is 104 Å². The average Bonchev–Trinajstić information content (AvgIpc) is 3.38. The zero-order valence-corrected chi connectivity index (χ0v) is 47.6. The van der Waals surface area contributed by atoms with Crippen LogP contribution < -0.4 is 9.80 Å². The molecule has 0 saturated heterocycles. The smallest absolute Gasteiger partial charge is 0.233 e. The van der Waals surface area contributed by atoms with Gasteiger partial charge in [-0.15, -0.1) is 0 Å². The van der Waals surface area contributed by atoms with E-state index in [9.17, 15) is 17.6 Å². The van der Waals surface area contributed by atoms with Crippen LogP contribution in [0.3, 0.4) is 0 Å². The third kappa shape index (κ3) is 34.8. The first kappa shape index (κ1) is 72.9. The summed E-state index contributed by atoms with van der Waals surface area (Å²) in [5, 5.41) is 0.310. The number of fused-ring (bicyclic) bond motifs is 1. The Kier molecular flexibility index (Phi) is 50.6. The number of hydrogen-bond acceptors (Lipinski definition) is 17. The summed E-state index contributed by atoms with van der Waals surface area (Å²) < 4.78 is 39.2. The van der Waals surface area contributed by atoms with Crippen LogP contribution in [0.4, 0.5) is 22.0 Å². The normalized spacial score (nSPS) is 9.68. The summed E-state index contributed by atoms with van der Waals surface area (Å²) in [4.78, 5) is 55.3. The van der Waals surface area contributed by atoms with E-state index in [1.165, 1.54) is 33.7 Å². The highest BCUT2D eigenvalue weighted by Gasteiger charge is 2.11. The molecule has 2 atom stereocenters. The molecule has 2 unspecified atom stereocenters. The maximum absolute atomic E-state index is 11.1. The van der Waals surface area contributed by atoms with E-state index < -0.39 is 22.2 Å². The van der Waals surface area contributed by atoms with E-state index in [0.717, 1.165) is 17.3 Å². The maximum Gasteiger partial charge on any atom is 0.233 e. The van der Waals surface area contributed by atoms with Crippen LogP contribution in [0.15, 0.2) is 73.3 Å². The van der Waals surface area contributed by atoms with E-state index in [-0.39, 0.29) is 22.0 Å². The first-order valence-corrected chi connectivity index (χ1v) is 25.4. The number of ketones is 1. The Morgan fingerprint density at radius 3 is 1.36 bits per heavy atom. The van der Waals surface area contributed by atoms with Crippen molar-refractivity contribution in [1.82, 2.24) is 49.8 Å². The zero-order valence-electron chi connectivity index (χ0n) is 44.5. The van der Waals surface area contributed by atoms with Gasteiger partial charge in [-0.1, -0.05) is 111 Å². The fourth-order valence-corrected chi connectivity index (χ4v) is 4.84. The molecule has 0 fully saturated rings. The number of rotatable bonds is 8. The highest BCUT2D eigenvalue weighted by molar-refractivity contribution is 7.80. The van der Waals surface area contributed by atoms with Gasteiger partial charge in [-0.25, -0.2) is 38.3 Å². The van der Waals surface area contributed by atoms with E-state index in [1.807, 2.05) is 125 Å². The lowest BCUT2D eigenvalue weighted by Crippen LogP contribution is -2.25. The molecule has 2 aromatic carbocycles. The van der Waals surface area contributed by atoms with E-state index in [0.29, 0.717) is 47.3 Å². The molecular weight excluding hydrogens is 967 g/mol. The molecular formula is C47H77Cl2FN12O5S2. The van der Waals surface area contributed by atoms with Crippen molar-refractivity contribution in [3.05, 3.63) is 112 Å². The average molecular weight is 1040 g/mol. The SMILES string of the molecule is CC.CC.CC.CC.CC.CC(=O)c1ccc2nc(Cl)c(Cl)nc2c1.CF.COS(=O)CN(C)c1nc(C)nc(C)n1.COS(C)=O.Cc1nc(C)nc(N(C)c2ccccc2)n1.c1cncnc1. The van der Waals surface area contributed by atoms with Crippen molar-refractivity contribution in [3.63, 3.8) is 0 Å². The lowest BCUT2D eigenvalue weighted by atomic mass is 10.1. The molecule has 0 amide bonds. The second-order valence-corrected chi connectivity index (χ2v) is 14.2. The van der Waals surface area contributed by atoms with Crippen molar-refractivity contribution in [1.29, 1.82) is 0 Å². The molecule has 69 heavy (non-hydrogen) atoms. The fraction of sp³-hybridized carbons (Fsp3) is 0.468. The van der Waals surface area contributed by atoms with Gasteiger partial charge in [-0.2, -0.15) is 19.9 Å². The number of carbonyl (C=O) groups is 1. The van der Waals surface area contributed by atoms with Crippen molar-refractivity contribution in [2.24, 2.45) is 0 Å². The third-order valence-electron chi connectivity index (χ3n) is 6.67. The Hall–Kier alpha value is -5.12. The Balaban J connectivity index is -0.000000244. The van der Waals surface area contributed by atoms with Gasteiger partial charge in [-0.3, -0.25) is 17.6 Å². The molecule has 0 radical (unpaired) electrons. The minimum absolute atomic E-state index is 0.0234. The van der Waals surface area contributed by atoms with E-state index in [1.54, 1.807) is 62.5 Å². The number of anilines is 3. The molecule has 17 nitrogen and oxygen atoms in total. The summed E-state index contributed by atoms with van der Waals surface area (Å²) in [6.07, 6.45) is 6.35. The summed E-state index contributed by atoms with van der Waals surface area (Å²) in [5.41, 5.74) is 2.83. The number of Topliss-reactive ketones (excluding diaryl/α,β-unsaturated/α-hetero) is 1. The Morgan fingerprint density at radius 2 is 1.01 bits per heavy atom. The Morgan fingerprint density at radius 1 is 0.609 bits per heavy atom. The predicted molar refractivity (Wildman–Crippen MR) is 288 cm³/mol. The molecule has 22 heteroatoms. The van der Waals surface area contributed by atoms with Crippen LogP contribution in [0.5, 0.6) is 0 Å². The lowest BCUT2D eigenvalue weighted by Gasteiger charge is -2.17. The standard InChI is InChI=1S/C12H14N4.C10H6Cl2N2O.C8H14N4O2S.C4H4N2.C2H6O2S.5C2H6.CH3F/c1-9-13-10(2)15-12(14-9)16(3)11-7-5-4-6-8-11;1-5(15)6-2-3-7-8(4-6)14-10(12)9(11)13-7;1-6-9-7(2)11-8(10-6)12(3)5-15(13)14-4;1-2-5-4-6-3-1;1-4-5(2)3;6*1-2/h4-8H,1-3H3;2-4H,1H3;5H2,1-4H3;1-4H;1-2H3;5*1-2H3;1H3. The highest BCUT2D eigenvalue weighted by atomic mass is 35.5. The number of aryl methyl sites for hydroxylation is 4. The van der Waals surface area contributed by atoms with Gasteiger partial charge in [0.25, 0.3) is 0 Å². The summed E-state index contributed by atoms with van der Waals surface area (Å²) in [6, 6.07) is 16.8. The van der Waals surface area contributed by atoms with Crippen LogP contribution >= 0.6 is 23.2 Å². The quantitative estimate of drug-likeness (QED) is 0.130. The third-order valence-corrected chi connectivity index (χ3v) is 8.73. The summed E-state index contributed by atoms with van der Waals surface area (Å²) >= 11 is 9.03. The first-order chi connectivity index (χ1) is 33.0. The zero-order chi connectivity index (χ0) is 54.5. The molecule has 6 aromatic rings. The van der Waals surface area contributed by atoms with E-state index >= 15 is 0 Å². The Bertz CT molecular complexity index is 2160. The van der Waals surface area contributed by atoms with Crippen LogP contribution in [-0.2, 0) is 30.5 Å². The predicted octanol–water partition coefficient (Wildman–Crippen LogP) is 11.7. The molecule has 4 heterocycles. The van der Waals surface area contributed by atoms with Gasteiger partial charge in [0.1, 0.15) is 35.5 Å². The number of hydrogen-bond donors (Lipinski definition) is 0. The molecule has 0 N–H and O–H groups in total. The van der Waals surface area contributed by atoms with E-state index in [2.05, 4.69) is 58.2 Å². The van der Waals surface area contributed by atoms with Gasteiger partial charge < -0.3 is 9.80 Å². The number of nitrogens with zero attached hydrogens (tertiary/aromatic N) is 12. The number of carbonyl (C=O) groups excluding carboxylic acids is 1. The number of para-hydroxylation sites is 1. The number of aromatic nitrogens is 10. The molecule has 0 bridgehead atoms. The van der Waals surface area contributed by atoms with Gasteiger partial charge in [0.05, 0.1) is 32.4 Å².